The van der Waals surface area contributed by atoms with Crippen molar-refractivity contribution in [3.05, 3.63) is 83.7 Å². The summed E-state index contributed by atoms with van der Waals surface area (Å²) in [6.45, 7) is 3.07. The van der Waals surface area contributed by atoms with Crippen molar-refractivity contribution in [1.29, 1.82) is 0 Å². The molecule has 0 aliphatic carbocycles. The van der Waals surface area contributed by atoms with Gasteiger partial charge in [0.1, 0.15) is 0 Å². The van der Waals surface area contributed by atoms with E-state index >= 15 is 0 Å². The predicted octanol–water partition coefficient (Wildman–Crippen LogP) is 3.82. The highest BCUT2D eigenvalue weighted by molar-refractivity contribution is 5.52. The summed E-state index contributed by atoms with van der Waals surface area (Å²) >= 11 is 0. The minimum absolute atomic E-state index is 0.683. The Morgan fingerprint density at radius 3 is 2.52 bits per heavy atom. The number of aromatic nitrogens is 2. The first kappa shape index (κ1) is 15.8. The largest absolute Gasteiger partial charge is 0.324 e. The van der Waals surface area contributed by atoms with Gasteiger partial charge < -0.3 is 5.32 Å². The van der Waals surface area contributed by atoms with Crippen LogP contribution in [0.15, 0.2) is 66.9 Å². The molecule has 0 radical (unpaired) electrons. The third kappa shape index (κ3) is 4.03. The third-order valence-corrected chi connectivity index (χ3v) is 4.60. The van der Waals surface area contributed by atoms with Gasteiger partial charge in [0.2, 0.25) is 5.95 Å². The summed E-state index contributed by atoms with van der Waals surface area (Å²) in [5.41, 5.74) is 4.83. The fourth-order valence-corrected chi connectivity index (χ4v) is 3.21. The van der Waals surface area contributed by atoms with Gasteiger partial charge in [-0.3, -0.25) is 4.90 Å². The number of para-hydroxylation sites is 1. The van der Waals surface area contributed by atoms with Gasteiger partial charge in [0.25, 0.3) is 0 Å². The van der Waals surface area contributed by atoms with Crippen LogP contribution in [0.5, 0.6) is 0 Å². The summed E-state index contributed by atoms with van der Waals surface area (Å²) in [5, 5.41) is 3.28. The Kier molecular flexibility index (Phi) is 4.70. The number of anilines is 2. The van der Waals surface area contributed by atoms with E-state index in [1.165, 1.54) is 16.8 Å². The van der Waals surface area contributed by atoms with E-state index in [0.717, 1.165) is 38.2 Å². The highest BCUT2D eigenvalue weighted by Gasteiger charge is 2.18. The summed E-state index contributed by atoms with van der Waals surface area (Å²) in [4.78, 5) is 11.7. The van der Waals surface area contributed by atoms with Crippen LogP contribution in [0.1, 0.15) is 16.8 Å². The van der Waals surface area contributed by atoms with Crippen molar-refractivity contribution >= 4 is 11.6 Å². The average Bonchev–Trinajstić information content (AvgIpc) is 2.68. The van der Waals surface area contributed by atoms with Crippen molar-refractivity contribution in [2.45, 2.75) is 19.4 Å². The number of fused-ring (bicyclic) bond motifs is 1. The second-order valence-corrected chi connectivity index (χ2v) is 6.42. The van der Waals surface area contributed by atoms with Crippen molar-refractivity contribution in [1.82, 2.24) is 14.9 Å². The molecule has 0 unspecified atom stereocenters. The van der Waals surface area contributed by atoms with Crippen molar-refractivity contribution in [3.8, 4) is 0 Å². The SMILES string of the molecule is c1ccc(CCN2CCc3nc(Nc4ccccc4)ncc3C2)cc1. The molecule has 1 aliphatic heterocycles. The fourth-order valence-electron chi connectivity index (χ4n) is 3.21. The van der Waals surface area contributed by atoms with Crippen LogP contribution in [0, 0.1) is 0 Å². The van der Waals surface area contributed by atoms with Crippen LogP contribution in [0.3, 0.4) is 0 Å². The molecule has 0 fully saturated rings. The van der Waals surface area contributed by atoms with E-state index in [1.54, 1.807) is 0 Å². The number of hydrogen-bond acceptors (Lipinski definition) is 4. The number of nitrogens with zero attached hydrogens (tertiary/aromatic N) is 3. The van der Waals surface area contributed by atoms with E-state index in [9.17, 15) is 0 Å². The normalized spacial score (nSPS) is 14.1. The third-order valence-electron chi connectivity index (χ3n) is 4.60. The molecule has 3 aromatic rings. The van der Waals surface area contributed by atoms with Crippen LogP contribution in [0.2, 0.25) is 0 Å². The van der Waals surface area contributed by atoms with Gasteiger partial charge in [-0.25, -0.2) is 9.97 Å². The molecule has 25 heavy (non-hydrogen) atoms. The molecule has 4 nitrogen and oxygen atoms in total. The quantitative estimate of drug-likeness (QED) is 0.772. The van der Waals surface area contributed by atoms with E-state index in [-0.39, 0.29) is 0 Å². The zero-order chi connectivity index (χ0) is 16.9. The Morgan fingerprint density at radius 2 is 1.72 bits per heavy atom. The summed E-state index contributed by atoms with van der Waals surface area (Å²) in [7, 11) is 0. The van der Waals surface area contributed by atoms with Gasteiger partial charge in [0.15, 0.2) is 0 Å². The number of benzene rings is 2. The topological polar surface area (TPSA) is 41.1 Å². The molecule has 0 spiro atoms. The molecule has 0 saturated carbocycles. The van der Waals surface area contributed by atoms with Gasteiger partial charge in [0.05, 0.1) is 5.69 Å². The minimum atomic E-state index is 0.683. The molecular formula is C21H22N4. The molecule has 4 heteroatoms. The predicted molar refractivity (Wildman–Crippen MR) is 101 cm³/mol. The maximum Gasteiger partial charge on any atom is 0.227 e. The van der Waals surface area contributed by atoms with Gasteiger partial charge in [0, 0.05) is 43.5 Å². The number of nitrogens with one attached hydrogen (secondary N) is 1. The average molecular weight is 330 g/mol. The van der Waals surface area contributed by atoms with Crippen molar-refractivity contribution < 1.29 is 0 Å². The molecule has 2 aromatic carbocycles. The lowest BCUT2D eigenvalue weighted by Crippen LogP contribution is -2.33. The van der Waals surface area contributed by atoms with Crippen molar-refractivity contribution in [2.75, 3.05) is 18.4 Å². The van der Waals surface area contributed by atoms with Gasteiger partial charge >= 0.3 is 0 Å². The van der Waals surface area contributed by atoms with Crippen molar-refractivity contribution in [3.63, 3.8) is 0 Å². The maximum absolute atomic E-state index is 4.71. The van der Waals surface area contributed by atoms with Gasteiger partial charge in [-0.15, -0.1) is 0 Å². The molecule has 1 N–H and O–H groups in total. The molecule has 2 heterocycles. The first-order chi connectivity index (χ1) is 12.4. The Morgan fingerprint density at radius 1 is 0.960 bits per heavy atom. The highest BCUT2D eigenvalue weighted by atomic mass is 15.2. The van der Waals surface area contributed by atoms with E-state index in [2.05, 4.69) is 45.5 Å². The molecule has 0 saturated heterocycles. The van der Waals surface area contributed by atoms with Crippen LogP contribution in [0.25, 0.3) is 0 Å². The first-order valence-corrected chi connectivity index (χ1v) is 8.80. The van der Waals surface area contributed by atoms with Crippen LogP contribution in [-0.4, -0.2) is 28.0 Å². The summed E-state index contributed by atoms with van der Waals surface area (Å²) in [6.07, 6.45) is 4.04. The summed E-state index contributed by atoms with van der Waals surface area (Å²) in [5.74, 6) is 0.683. The van der Waals surface area contributed by atoms with Crippen LogP contribution < -0.4 is 5.32 Å². The molecule has 0 bridgehead atoms. The highest BCUT2D eigenvalue weighted by Crippen LogP contribution is 2.20. The standard InChI is InChI=1S/C21H22N4/c1-3-7-17(8-4-1)11-13-25-14-12-20-18(16-25)15-22-21(24-20)23-19-9-5-2-6-10-19/h1-10,15H,11-14,16H2,(H,22,23,24). The lowest BCUT2D eigenvalue weighted by atomic mass is 10.1. The molecule has 0 atom stereocenters. The smallest absolute Gasteiger partial charge is 0.227 e. The Bertz CT molecular complexity index is 818. The van der Waals surface area contributed by atoms with Gasteiger partial charge in [-0.2, -0.15) is 0 Å². The maximum atomic E-state index is 4.71. The fraction of sp³-hybridized carbons (Fsp3) is 0.238. The Labute approximate surface area is 148 Å². The van der Waals surface area contributed by atoms with E-state index in [4.69, 9.17) is 4.98 Å². The first-order valence-electron chi connectivity index (χ1n) is 8.80. The summed E-state index contributed by atoms with van der Waals surface area (Å²) in [6, 6.07) is 20.7. The van der Waals surface area contributed by atoms with E-state index < -0.39 is 0 Å². The van der Waals surface area contributed by atoms with Crippen LogP contribution in [0.4, 0.5) is 11.6 Å². The zero-order valence-electron chi connectivity index (χ0n) is 14.2. The second-order valence-electron chi connectivity index (χ2n) is 6.42. The number of hydrogen-bond donors (Lipinski definition) is 1. The minimum Gasteiger partial charge on any atom is -0.324 e. The van der Waals surface area contributed by atoms with Gasteiger partial charge in [-0.1, -0.05) is 48.5 Å². The van der Waals surface area contributed by atoms with Crippen LogP contribution in [-0.2, 0) is 19.4 Å². The molecule has 1 aromatic heterocycles. The molecule has 0 amide bonds. The summed E-state index contributed by atoms with van der Waals surface area (Å²) < 4.78 is 0. The van der Waals surface area contributed by atoms with Crippen molar-refractivity contribution in [2.24, 2.45) is 0 Å². The lowest BCUT2D eigenvalue weighted by molar-refractivity contribution is 0.254. The second kappa shape index (κ2) is 7.45. The molecular weight excluding hydrogens is 308 g/mol. The lowest BCUT2D eigenvalue weighted by Gasteiger charge is -2.28. The number of rotatable bonds is 5. The Hall–Kier alpha value is -2.72. The Balaban J connectivity index is 1.38. The van der Waals surface area contributed by atoms with Crippen LogP contribution >= 0.6 is 0 Å². The zero-order valence-corrected chi connectivity index (χ0v) is 14.2. The molecule has 126 valence electrons. The van der Waals surface area contributed by atoms with E-state index in [0.29, 0.717) is 5.95 Å². The van der Waals surface area contributed by atoms with Gasteiger partial charge in [-0.05, 0) is 24.1 Å². The monoisotopic (exact) mass is 330 g/mol. The molecule has 4 rings (SSSR count). The molecule has 1 aliphatic rings. The van der Waals surface area contributed by atoms with E-state index in [1.807, 2.05) is 36.5 Å².